The van der Waals surface area contributed by atoms with Gasteiger partial charge < -0.3 is 19.9 Å². The number of nitrogens with zero attached hydrogens (tertiary/aromatic N) is 3. The number of carbonyl (C=O) groups is 2. The van der Waals surface area contributed by atoms with Crippen LogP contribution in [-0.4, -0.2) is 61.1 Å². The van der Waals surface area contributed by atoms with Crippen molar-refractivity contribution in [1.29, 1.82) is 0 Å². The van der Waals surface area contributed by atoms with Crippen LogP contribution in [0.3, 0.4) is 0 Å². The Balaban J connectivity index is 1.14. The zero-order valence-corrected chi connectivity index (χ0v) is 22.3. The summed E-state index contributed by atoms with van der Waals surface area (Å²) in [4.78, 5) is 34.6. The van der Waals surface area contributed by atoms with Crippen LogP contribution >= 0.6 is 22.9 Å². The van der Waals surface area contributed by atoms with Gasteiger partial charge in [-0.2, -0.15) is 0 Å². The number of amides is 2. The molecule has 1 N–H and O–H groups in total. The van der Waals surface area contributed by atoms with Gasteiger partial charge in [0, 0.05) is 48.9 Å². The number of morpholine rings is 1. The van der Waals surface area contributed by atoms with E-state index in [1.54, 1.807) is 0 Å². The number of nitrogens with one attached hydrogen (secondary N) is 1. The van der Waals surface area contributed by atoms with Crippen molar-refractivity contribution in [2.45, 2.75) is 31.6 Å². The summed E-state index contributed by atoms with van der Waals surface area (Å²) in [5, 5.41) is 6.56. The number of halogens is 1. The topological polar surface area (TPSA) is 74.8 Å². The molecule has 7 nitrogen and oxygen atoms in total. The Morgan fingerprint density at radius 3 is 2.62 bits per heavy atom. The van der Waals surface area contributed by atoms with Crippen molar-refractivity contribution in [3.05, 3.63) is 75.2 Å². The third-order valence-electron chi connectivity index (χ3n) is 6.97. The molecular weight excluding hydrogens is 508 g/mol. The number of aromatic nitrogens is 1. The first-order valence-corrected chi connectivity index (χ1v) is 14.0. The predicted octanol–water partition coefficient (Wildman–Crippen LogP) is 5.22. The molecule has 2 aliphatic heterocycles. The average Bonchev–Trinajstić information content (AvgIpc) is 3.43. The number of hydrogen-bond acceptors (Lipinski definition) is 6. The van der Waals surface area contributed by atoms with E-state index in [1.165, 1.54) is 11.3 Å². The lowest BCUT2D eigenvalue weighted by Gasteiger charge is -2.31. The third-order valence-corrected chi connectivity index (χ3v) is 8.21. The fourth-order valence-corrected chi connectivity index (χ4v) is 6.09. The maximum Gasteiger partial charge on any atom is 0.275 e. The second kappa shape index (κ2) is 12.1. The van der Waals surface area contributed by atoms with E-state index in [0.29, 0.717) is 49.9 Å². The summed E-state index contributed by atoms with van der Waals surface area (Å²) in [6.07, 6.45) is 2.89. The Bertz CT molecular complexity index is 1240. The number of likely N-dealkylation sites (tertiary alicyclic amines) is 1. The smallest absolute Gasteiger partial charge is 0.275 e. The van der Waals surface area contributed by atoms with Crippen molar-refractivity contribution in [3.63, 3.8) is 0 Å². The van der Waals surface area contributed by atoms with Crippen molar-refractivity contribution in [2.75, 3.05) is 49.6 Å². The number of benzene rings is 2. The van der Waals surface area contributed by atoms with Crippen LogP contribution in [0.25, 0.3) is 0 Å². The zero-order chi connectivity index (χ0) is 25.6. The van der Waals surface area contributed by atoms with Gasteiger partial charge in [-0.3, -0.25) is 9.59 Å². The summed E-state index contributed by atoms with van der Waals surface area (Å²) < 4.78 is 5.46. The molecule has 2 aliphatic rings. The Kier molecular flexibility index (Phi) is 8.38. The monoisotopic (exact) mass is 538 g/mol. The molecular formula is C28H31ClN4O3S. The number of aryl methyl sites for hydroxylation is 1. The van der Waals surface area contributed by atoms with E-state index in [-0.39, 0.29) is 17.7 Å². The predicted molar refractivity (Wildman–Crippen MR) is 148 cm³/mol. The summed E-state index contributed by atoms with van der Waals surface area (Å²) in [6.45, 7) is 4.40. The standard InChI is InChI=1S/C28H31ClN4O3S/c29-22-5-3-4-20(18-22)8-9-26(34)33-12-10-21(11-13-33)28-31-24(19-37-28)27(35)30-23-6-1-2-7-25(23)32-14-16-36-17-15-32/h1-7,18-19,21H,8-17H2,(H,30,35). The molecule has 0 aliphatic carbocycles. The Morgan fingerprint density at radius 1 is 1.05 bits per heavy atom. The Morgan fingerprint density at radius 2 is 1.84 bits per heavy atom. The fraction of sp³-hybridized carbons (Fsp3) is 0.393. The van der Waals surface area contributed by atoms with Crippen LogP contribution in [-0.2, 0) is 16.0 Å². The van der Waals surface area contributed by atoms with E-state index >= 15 is 0 Å². The molecule has 2 aromatic carbocycles. The lowest BCUT2D eigenvalue weighted by molar-refractivity contribution is -0.132. The first kappa shape index (κ1) is 25.7. The molecule has 2 amide bonds. The van der Waals surface area contributed by atoms with Crippen LogP contribution in [0.2, 0.25) is 5.02 Å². The van der Waals surface area contributed by atoms with Crippen LogP contribution in [0.15, 0.2) is 53.9 Å². The number of para-hydroxylation sites is 2. The molecule has 0 atom stereocenters. The molecule has 2 fully saturated rings. The zero-order valence-electron chi connectivity index (χ0n) is 20.7. The lowest BCUT2D eigenvalue weighted by atomic mass is 9.97. The first-order chi connectivity index (χ1) is 18.1. The van der Waals surface area contributed by atoms with Crippen LogP contribution in [0.5, 0.6) is 0 Å². The summed E-state index contributed by atoms with van der Waals surface area (Å²) >= 11 is 7.58. The second-order valence-electron chi connectivity index (χ2n) is 9.43. The van der Waals surface area contributed by atoms with Gasteiger partial charge in [0.2, 0.25) is 5.91 Å². The molecule has 3 aromatic rings. The van der Waals surface area contributed by atoms with Gasteiger partial charge in [-0.05, 0) is 49.1 Å². The highest BCUT2D eigenvalue weighted by atomic mass is 35.5. The van der Waals surface area contributed by atoms with Crippen molar-refractivity contribution in [3.8, 4) is 0 Å². The molecule has 37 heavy (non-hydrogen) atoms. The van der Waals surface area contributed by atoms with E-state index in [9.17, 15) is 9.59 Å². The molecule has 5 rings (SSSR count). The highest BCUT2D eigenvalue weighted by molar-refractivity contribution is 7.10. The molecule has 0 saturated carbocycles. The number of ether oxygens (including phenoxy) is 1. The van der Waals surface area contributed by atoms with E-state index < -0.39 is 0 Å². The second-order valence-corrected chi connectivity index (χ2v) is 10.8. The summed E-state index contributed by atoms with van der Waals surface area (Å²) in [6, 6.07) is 15.5. The lowest BCUT2D eigenvalue weighted by Crippen LogP contribution is -2.38. The van der Waals surface area contributed by atoms with E-state index in [1.807, 2.05) is 58.8 Å². The number of hydrogen-bond donors (Lipinski definition) is 1. The number of rotatable bonds is 7. The largest absolute Gasteiger partial charge is 0.378 e. The van der Waals surface area contributed by atoms with E-state index in [2.05, 4.69) is 15.2 Å². The van der Waals surface area contributed by atoms with Gasteiger partial charge in [-0.25, -0.2) is 4.98 Å². The highest BCUT2D eigenvalue weighted by Gasteiger charge is 2.26. The van der Waals surface area contributed by atoms with Gasteiger partial charge >= 0.3 is 0 Å². The Hall–Kier alpha value is -2.94. The van der Waals surface area contributed by atoms with Gasteiger partial charge in [0.05, 0.1) is 29.6 Å². The molecule has 2 saturated heterocycles. The summed E-state index contributed by atoms with van der Waals surface area (Å²) in [7, 11) is 0. The molecule has 0 radical (unpaired) electrons. The van der Waals surface area contributed by atoms with Crippen LogP contribution in [0.1, 0.15) is 46.2 Å². The average molecular weight is 539 g/mol. The molecule has 0 spiro atoms. The van der Waals surface area contributed by atoms with E-state index in [0.717, 1.165) is 47.9 Å². The van der Waals surface area contributed by atoms with Crippen LogP contribution in [0.4, 0.5) is 11.4 Å². The highest BCUT2D eigenvalue weighted by Crippen LogP contribution is 2.32. The van der Waals surface area contributed by atoms with Gasteiger partial charge in [0.25, 0.3) is 5.91 Å². The third kappa shape index (κ3) is 6.50. The maximum atomic E-state index is 13.0. The molecule has 0 unspecified atom stereocenters. The molecule has 1 aromatic heterocycles. The number of piperidine rings is 1. The first-order valence-electron chi connectivity index (χ1n) is 12.8. The summed E-state index contributed by atoms with van der Waals surface area (Å²) in [5.41, 5.74) is 3.31. The van der Waals surface area contributed by atoms with Gasteiger partial charge in [-0.15, -0.1) is 11.3 Å². The normalized spacial score (nSPS) is 16.6. The molecule has 0 bridgehead atoms. The Labute approximate surface area is 226 Å². The fourth-order valence-electron chi connectivity index (χ4n) is 4.90. The quantitative estimate of drug-likeness (QED) is 0.446. The minimum absolute atomic E-state index is 0.177. The van der Waals surface area contributed by atoms with E-state index in [4.69, 9.17) is 16.3 Å². The van der Waals surface area contributed by atoms with Crippen LogP contribution in [0, 0.1) is 0 Å². The van der Waals surface area contributed by atoms with Crippen molar-refractivity contribution in [1.82, 2.24) is 9.88 Å². The van der Waals surface area contributed by atoms with Crippen molar-refractivity contribution in [2.24, 2.45) is 0 Å². The minimum Gasteiger partial charge on any atom is -0.378 e. The minimum atomic E-state index is -0.197. The number of carbonyl (C=O) groups excluding carboxylic acids is 2. The number of anilines is 2. The van der Waals surface area contributed by atoms with Gasteiger partial charge in [0.15, 0.2) is 0 Å². The van der Waals surface area contributed by atoms with Crippen molar-refractivity contribution < 1.29 is 14.3 Å². The number of thiazole rings is 1. The van der Waals surface area contributed by atoms with Gasteiger partial charge in [-0.1, -0.05) is 35.9 Å². The molecule has 3 heterocycles. The van der Waals surface area contributed by atoms with Crippen LogP contribution < -0.4 is 10.2 Å². The molecule has 194 valence electrons. The SMILES string of the molecule is O=C(Nc1ccccc1N1CCOCC1)c1csc(C2CCN(C(=O)CCc3cccc(Cl)c3)CC2)n1. The molecule has 9 heteroatoms. The summed E-state index contributed by atoms with van der Waals surface area (Å²) in [5.74, 6) is 0.248. The maximum absolute atomic E-state index is 13.0. The van der Waals surface area contributed by atoms with Crippen molar-refractivity contribution >= 4 is 46.1 Å². The van der Waals surface area contributed by atoms with Gasteiger partial charge in [0.1, 0.15) is 5.69 Å².